The van der Waals surface area contributed by atoms with E-state index in [0.29, 0.717) is 12.1 Å². The van der Waals surface area contributed by atoms with Crippen LogP contribution in [0.5, 0.6) is 0 Å². The summed E-state index contributed by atoms with van der Waals surface area (Å²) in [7, 11) is 2.89. The monoisotopic (exact) mass is 253 g/mol. The molecule has 1 N–H and O–H groups in total. The molecule has 0 aliphatic heterocycles. The summed E-state index contributed by atoms with van der Waals surface area (Å²) >= 11 is 0. The molecule has 0 saturated carbocycles. The molecular weight excluding hydrogens is 234 g/mol. The number of ether oxygens (including phenoxy) is 1. The molecule has 0 bridgehead atoms. The third-order valence-electron chi connectivity index (χ3n) is 2.69. The van der Waals surface area contributed by atoms with E-state index in [1.807, 2.05) is 6.92 Å². The third kappa shape index (κ3) is 3.32. The standard InChI is InChI=1S/C12H19N3O3/c1-4-5-6-10(12(17)18-3)15-8-7-9(14-15)11(16)13-2/h7-8,10H,4-6H2,1-3H3,(H,13,16). The molecule has 100 valence electrons. The first-order valence-electron chi connectivity index (χ1n) is 5.99. The highest BCUT2D eigenvalue weighted by Crippen LogP contribution is 2.16. The fourth-order valence-electron chi connectivity index (χ4n) is 1.65. The molecule has 0 aliphatic rings. The van der Waals surface area contributed by atoms with Crippen molar-refractivity contribution in [2.24, 2.45) is 0 Å². The number of hydrogen-bond donors (Lipinski definition) is 1. The average Bonchev–Trinajstić information content (AvgIpc) is 2.87. The molecule has 1 unspecified atom stereocenters. The topological polar surface area (TPSA) is 73.2 Å². The minimum absolute atomic E-state index is 0.271. The molecule has 1 heterocycles. The van der Waals surface area contributed by atoms with Gasteiger partial charge in [0.25, 0.3) is 5.91 Å². The van der Waals surface area contributed by atoms with E-state index in [0.717, 1.165) is 12.8 Å². The van der Waals surface area contributed by atoms with Gasteiger partial charge in [0.15, 0.2) is 0 Å². The Kier molecular flexibility index (Phi) is 5.35. The Morgan fingerprint density at radius 1 is 1.56 bits per heavy atom. The van der Waals surface area contributed by atoms with Crippen LogP contribution in [0, 0.1) is 0 Å². The summed E-state index contributed by atoms with van der Waals surface area (Å²) in [4.78, 5) is 23.1. The average molecular weight is 253 g/mol. The van der Waals surface area contributed by atoms with E-state index in [1.165, 1.54) is 18.8 Å². The van der Waals surface area contributed by atoms with Crippen LogP contribution in [0.1, 0.15) is 42.7 Å². The summed E-state index contributed by atoms with van der Waals surface area (Å²) in [5.74, 6) is -0.608. The Balaban J connectivity index is 2.87. The minimum atomic E-state index is -0.464. The number of unbranched alkanes of at least 4 members (excludes halogenated alkanes) is 1. The number of esters is 1. The lowest BCUT2D eigenvalue weighted by molar-refractivity contribution is -0.145. The van der Waals surface area contributed by atoms with Crippen molar-refractivity contribution in [3.8, 4) is 0 Å². The van der Waals surface area contributed by atoms with Crippen molar-refractivity contribution in [2.45, 2.75) is 32.2 Å². The van der Waals surface area contributed by atoms with Crippen molar-refractivity contribution in [1.82, 2.24) is 15.1 Å². The highest BCUT2D eigenvalue weighted by molar-refractivity contribution is 5.91. The number of nitrogens with one attached hydrogen (secondary N) is 1. The van der Waals surface area contributed by atoms with Crippen molar-refractivity contribution >= 4 is 11.9 Å². The van der Waals surface area contributed by atoms with Gasteiger partial charge in [0.05, 0.1) is 7.11 Å². The molecule has 18 heavy (non-hydrogen) atoms. The van der Waals surface area contributed by atoms with E-state index in [4.69, 9.17) is 4.74 Å². The van der Waals surface area contributed by atoms with Gasteiger partial charge in [0.2, 0.25) is 0 Å². The Hall–Kier alpha value is -1.85. The van der Waals surface area contributed by atoms with Gasteiger partial charge in [-0.2, -0.15) is 5.10 Å². The van der Waals surface area contributed by atoms with Gasteiger partial charge >= 0.3 is 5.97 Å². The van der Waals surface area contributed by atoms with Crippen LogP contribution in [0.25, 0.3) is 0 Å². The smallest absolute Gasteiger partial charge is 0.330 e. The molecule has 0 fully saturated rings. The zero-order valence-corrected chi connectivity index (χ0v) is 11.0. The normalized spacial score (nSPS) is 11.9. The number of nitrogens with zero attached hydrogens (tertiary/aromatic N) is 2. The zero-order valence-electron chi connectivity index (χ0n) is 11.0. The lowest BCUT2D eigenvalue weighted by atomic mass is 10.1. The molecule has 0 aliphatic carbocycles. The van der Waals surface area contributed by atoms with Gasteiger partial charge < -0.3 is 10.1 Å². The Labute approximate surface area is 106 Å². The molecule has 1 aromatic heterocycles. The Morgan fingerprint density at radius 3 is 2.83 bits per heavy atom. The highest BCUT2D eigenvalue weighted by Gasteiger charge is 2.22. The number of methoxy groups -OCH3 is 1. The van der Waals surface area contributed by atoms with Crippen molar-refractivity contribution in [2.75, 3.05) is 14.2 Å². The number of aromatic nitrogens is 2. The second-order valence-corrected chi connectivity index (χ2v) is 3.94. The SMILES string of the molecule is CCCCC(C(=O)OC)n1ccc(C(=O)NC)n1. The molecule has 0 radical (unpaired) electrons. The van der Waals surface area contributed by atoms with E-state index in [1.54, 1.807) is 12.3 Å². The van der Waals surface area contributed by atoms with Crippen molar-refractivity contribution in [1.29, 1.82) is 0 Å². The van der Waals surface area contributed by atoms with Crippen molar-refractivity contribution < 1.29 is 14.3 Å². The second kappa shape index (κ2) is 6.78. The highest BCUT2D eigenvalue weighted by atomic mass is 16.5. The van der Waals surface area contributed by atoms with Gasteiger partial charge in [-0.3, -0.25) is 9.48 Å². The first-order valence-corrected chi connectivity index (χ1v) is 5.99. The first kappa shape index (κ1) is 14.2. The quantitative estimate of drug-likeness (QED) is 0.772. The summed E-state index contributed by atoms with van der Waals surface area (Å²) in [5, 5.41) is 6.60. The zero-order chi connectivity index (χ0) is 13.5. The predicted octanol–water partition coefficient (Wildman–Crippen LogP) is 1.15. The minimum Gasteiger partial charge on any atom is -0.467 e. The van der Waals surface area contributed by atoms with Gasteiger partial charge in [-0.05, 0) is 12.5 Å². The third-order valence-corrected chi connectivity index (χ3v) is 2.69. The number of amides is 1. The molecule has 6 nitrogen and oxygen atoms in total. The summed E-state index contributed by atoms with van der Waals surface area (Å²) < 4.78 is 6.25. The van der Waals surface area contributed by atoms with Gasteiger partial charge in [-0.25, -0.2) is 4.79 Å². The Morgan fingerprint density at radius 2 is 2.28 bits per heavy atom. The fourth-order valence-corrected chi connectivity index (χ4v) is 1.65. The van der Waals surface area contributed by atoms with Gasteiger partial charge in [0.1, 0.15) is 11.7 Å². The molecular formula is C12H19N3O3. The number of rotatable bonds is 6. The van der Waals surface area contributed by atoms with Crippen molar-refractivity contribution in [3.63, 3.8) is 0 Å². The molecule has 1 amide bonds. The molecule has 0 aromatic carbocycles. The maximum absolute atomic E-state index is 11.7. The van der Waals surface area contributed by atoms with Crippen LogP contribution in [0.4, 0.5) is 0 Å². The van der Waals surface area contributed by atoms with Crippen molar-refractivity contribution in [3.05, 3.63) is 18.0 Å². The summed E-state index contributed by atoms with van der Waals surface area (Å²) in [6.45, 7) is 2.05. The molecule has 0 saturated heterocycles. The van der Waals surface area contributed by atoms with E-state index >= 15 is 0 Å². The van der Waals surface area contributed by atoms with Crippen LogP contribution < -0.4 is 5.32 Å². The second-order valence-electron chi connectivity index (χ2n) is 3.94. The number of carbonyl (C=O) groups excluding carboxylic acids is 2. The maximum Gasteiger partial charge on any atom is 0.330 e. The summed E-state index contributed by atoms with van der Waals surface area (Å²) in [6.07, 6.45) is 4.16. The Bertz CT molecular complexity index is 414. The summed E-state index contributed by atoms with van der Waals surface area (Å²) in [5.41, 5.74) is 0.294. The lowest BCUT2D eigenvalue weighted by Crippen LogP contribution is -2.23. The van der Waals surface area contributed by atoms with Crippen LogP contribution in [0.3, 0.4) is 0 Å². The van der Waals surface area contributed by atoms with Gasteiger partial charge in [-0.1, -0.05) is 19.8 Å². The van der Waals surface area contributed by atoms with Gasteiger partial charge in [-0.15, -0.1) is 0 Å². The first-order chi connectivity index (χ1) is 8.63. The maximum atomic E-state index is 11.7. The van der Waals surface area contributed by atoms with E-state index in [9.17, 15) is 9.59 Å². The van der Waals surface area contributed by atoms with E-state index < -0.39 is 6.04 Å². The van der Waals surface area contributed by atoms with Crippen LogP contribution >= 0.6 is 0 Å². The van der Waals surface area contributed by atoms with E-state index in [-0.39, 0.29) is 11.9 Å². The summed E-state index contributed by atoms with van der Waals surface area (Å²) in [6, 6.07) is 1.12. The molecule has 1 atom stereocenters. The lowest BCUT2D eigenvalue weighted by Gasteiger charge is -2.14. The molecule has 6 heteroatoms. The molecule has 0 spiro atoms. The van der Waals surface area contributed by atoms with Crippen LogP contribution in [-0.4, -0.2) is 35.8 Å². The number of hydrogen-bond acceptors (Lipinski definition) is 4. The van der Waals surface area contributed by atoms with Crippen LogP contribution in [-0.2, 0) is 9.53 Å². The molecule has 1 aromatic rings. The van der Waals surface area contributed by atoms with Crippen LogP contribution in [0.15, 0.2) is 12.3 Å². The fraction of sp³-hybridized carbons (Fsp3) is 0.583. The molecule has 1 rings (SSSR count). The predicted molar refractivity (Wildman–Crippen MR) is 66.2 cm³/mol. The number of carbonyl (C=O) groups is 2. The van der Waals surface area contributed by atoms with Crippen LogP contribution in [0.2, 0.25) is 0 Å². The van der Waals surface area contributed by atoms with E-state index in [2.05, 4.69) is 10.4 Å². The largest absolute Gasteiger partial charge is 0.467 e. The van der Waals surface area contributed by atoms with Gasteiger partial charge in [0, 0.05) is 13.2 Å².